The minimum atomic E-state index is 0. The average Bonchev–Trinajstić information content (AvgIpc) is 2.60. The number of hydrogen-bond donors (Lipinski definition) is 0. The quantitative estimate of drug-likeness (QED) is 0.298. The molecule has 27 heavy (non-hydrogen) atoms. The molecule has 0 saturated heterocycles. The van der Waals surface area contributed by atoms with Gasteiger partial charge >= 0.3 is 40.8 Å². The number of rotatable bonds is 4. The summed E-state index contributed by atoms with van der Waals surface area (Å²) in [6.07, 6.45) is 3.39. The van der Waals surface area contributed by atoms with Crippen LogP contribution in [0, 0.1) is 40.8 Å². The number of benzene rings is 2. The SMILES string of the molecule is Clc1cc(C=Nc2ccccc2)nc(C=Nc2ccccc2)c1.[Cl-].[Cl-].[Cl-].[Nd+3]. The van der Waals surface area contributed by atoms with Crippen LogP contribution in [-0.2, 0) is 0 Å². The molecule has 0 bridgehead atoms. The number of aromatic nitrogens is 1. The van der Waals surface area contributed by atoms with E-state index in [1.165, 1.54) is 0 Å². The largest absolute Gasteiger partial charge is 3.00 e. The Morgan fingerprint density at radius 2 is 1.04 bits per heavy atom. The number of para-hydroxylation sites is 2. The predicted molar refractivity (Wildman–Crippen MR) is 96.6 cm³/mol. The number of nitrogens with zero attached hydrogens (tertiary/aromatic N) is 3. The van der Waals surface area contributed by atoms with Gasteiger partial charge in [-0.25, -0.2) is 4.98 Å². The van der Waals surface area contributed by atoms with Crippen molar-refractivity contribution in [2.24, 2.45) is 9.98 Å². The Labute approximate surface area is 215 Å². The topological polar surface area (TPSA) is 37.6 Å². The normalized spacial score (nSPS) is 9.67. The smallest absolute Gasteiger partial charge is 1.00 e. The fourth-order valence-corrected chi connectivity index (χ4v) is 2.20. The van der Waals surface area contributed by atoms with E-state index in [2.05, 4.69) is 15.0 Å². The Morgan fingerprint density at radius 1 is 0.667 bits per heavy atom. The Kier molecular flexibility index (Phi) is 16.3. The van der Waals surface area contributed by atoms with Crippen LogP contribution in [0.15, 0.2) is 82.8 Å². The molecule has 0 spiro atoms. The molecular weight excluding hydrogens is 556 g/mol. The summed E-state index contributed by atoms with van der Waals surface area (Å²) in [7, 11) is 0. The number of pyridine rings is 1. The molecule has 3 rings (SSSR count). The van der Waals surface area contributed by atoms with E-state index in [0.29, 0.717) is 16.4 Å². The van der Waals surface area contributed by atoms with Gasteiger partial charge in [-0.05, 0) is 36.4 Å². The molecular formula is C19H14Cl4N3Nd. The van der Waals surface area contributed by atoms with Crippen LogP contribution in [0.1, 0.15) is 11.4 Å². The molecule has 0 N–H and O–H groups in total. The van der Waals surface area contributed by atoms with E-state index in [1.54, 1.807) is 24.6 Å². The van der Waals surface area contributed by atoms with Crippen LogP contribution in [0.4, 0.5) is 11.4 Å². The first-order valence-corrected chi connectivity index (χ1v) is 7.53. The maximum Gasteiger partial charge on any atom is 3.00 e. The minimum absolute atomic E-state index is 0. The molecule has 1 radical (unpaired) electrons. The first-order valence-electron chi connectivity index (χ1n) is 7.15. The summed E-state index contributed by atoms with van der Waals surface area (Å²) in [6, 6.07) is 22.9. The van der Waals surface area contributed by atoms with E-state index < -0.39 is 0 Å². The van der Waals surface area contributed by atoms with Crippen molar-refractivity contribution in [2.75, 3.05) is 0 Å². The van der Waals surface area contributed by atoms with Crippen LogP contribution in [0.5, 0.6) is 0 Å². The van der Waals surface area contributed by atoms with Gasteiger partial charge in [0.15, 0.2) is 0 Å². The summed E-state index contributed by atoms with van der Waals surface area (Å²) in [5.41, 5.74) is 3.12. The Bertz CT molecular complexity index is 776. The van der Waals surface area contributed by atoms with Gasteiger partial charge in [0.25, 0.3) is 0 Å². The molecule has 3 nitrogen and oxygen atoms in total. The van der Waals surface area contributed by atoms with Crippen molar-refractivity contribution < 1.29 is 78.1 Å². The molecule has 0 fully saturated rings. The molecule has 1 heterocycles. The van der Waals surface area contributed by atoms with E-state index >= 15 is 0 Å². The molecule has 8 heteroatoms. The van der Waals surface area contributed by atoms with E-state index in [-0.39, 0.29) is 78.1 Å². The van der Waals surface area contributed by atoms with Crippen LogP contribution in [0.3, 0.4) is 0 Å². The van der Waals surface area contributed by atoms with Crippen molar-refractivity contribution in [3.63, 3.8) is 0 Å². The van der Waals surface area contributed by atoms with E-state index in [9.17, 15) is 0 Å². The molecule has 3 aromatic rings. The molecule has 0 amide bonds. The summed E-state index contributed by atoms with van der Waals surface area (Å²) < 4.78 is 0. The van der Waals surface area contributed by atoms with E-state index in [4.69, 9.17) is 11.6 Å². The van der Waals surface area contributed by atoms with Crippen molar-refractivity contribution >= 4 is 35.4 Å². The molecule has 0 aliphatic heterocycles. The van der Waals surface area contributed by atoms with Gasteiger partial charge in [-0.1, -0.05) is 48.0 Å². The average molecular weight is 570 g/mol. The molecule has 137 valence electrons. The van der Waals surface area contributed by atoms with Gasteiger partial charge in [-0.3, -0.25) is 9.98 Å². The third kappa shape index (κ3) is 9.97. The maximum atomic E-state index is 6.15. The Hall–Kier alpha value is -0.559. The molecule has 0 saturated carbocycles. The molecule has 0 aliphatic carbocycles. The standard InChI is InChI=1S/C19H14ClN3.3ClH.Nd/c20-15-11-18(13-21-16-7-3-1-4-8-16)23-19(12-15)14-22-17-9-5-2-6-10-17;;;;/h1-14H;3*1H;/q;;;;+3/p-3. The first kappa shape index (κ1) is 28.6. The summed E-state index contributed by atoms with van der Waals surface area (Å²) in [6.45, 7) is 0. The summed E-state index contributed by atoms with van der Waals surface area (Å²) in [5.74, 6) is 0. The monoisotopic (exact) mass is 566 g/mol. The van der Waals surface area contributed by atoms with E-state index in [1.807, 2.05) is 60.7 Å². The van der Waals surface area contributed by atoms with Gasteiger partial charge < -0.3 is 37.2 Å². The van der Waals surface area contributed by atoms with Crippen LogP contribution >= 0.6 is 11.6 Å². The van der Waals surface area contributed by atoms with Gasteiger partial charge in [0, 0.05) is 5.02 Å². The van der Waals surface area contributed by atoms with Crippen LogP contribution in [0.2, 0.25) is 5.02 Å². The summed E-state index contributed by atoms with van der Waals surface area (Å²) in [5, 5.41) is 0.601. The van der Waals surface area contributed by atoms with Gasteiger partial charge in [0.05, 0.1) is 35.2 Å². The van der Waals surface area contributed by atoms with Crippen LogP contribution in [-0.4, -0.2) is 17.4 Å². The van der Waals surface area contributed by atoms with Crippen LogP contribution < -0.4 is 37.2 Å². The molecule has 0 atom stereocenters. The second-order valence-electron chi connectivity index (χ2n) is 4.82. The van der Waals surface area contributed by atoms with Crippen molar-refractivity contribution in [2.45, 2.75) is 0 Å². The van der Waals surface area contributed by atoms with Gasteiger partial charge in [-0.2, -0.15) is 0 Å². The maximum absolute atomic E-state index is 6.15. The van der Waals surface area contributed by atoms with Crippen molar-refractivity contribution in [1.82, 2.24) is 4.98 Å². The van der Waals surface area contributed by atoms with Gasteiger partial charge in [0.2, 0.25) is 0 Å². The fourth-order valence-electron chi connectivity index (χ4n) is 1.98. The van der Waals surface area contributed by atoms with Crippen molar-refractivity contribution in [1.29, 1.82) is 0 Å². The third-order valence-electron chi connectivity index (χ3n) is 3.03. The van der Waals surface area contributed by atoms with Crippen molar-refractivity contribution in [3.05, 3.63) is 89.2 Å². The Balaban J connectivity index is 0. The Morgan fingerprint density at radius 3 is 1.41 bits per heavy atom. The van der Waals surface area contributed by atoms with Gasteiger partial charge in [-0.15, -0.1) is 0 Å². The number of halogens is 4. The molecule has 0 unspecified atom stereocenters. The molecule has 0 aliphatic rings. The zero-order valence-electron chi connectivity index (χ0n) is 13.9. The number of aliphatic imine (C=N–C) groups is 2. The zero-order chi connectivity index (χ0) is 15.9. The predicted octanol–water partition coefficient (Wildman–Crippen LogP) is -3.75. The second-order valence-corrected chi connectivity index (χ2v) is 5.26. The second kappa shape index (κ2) is 15.4. The van der Waals surface area contributed by atoms with Gasteiger partial charge in [0.1, 0.15) is 0 Å². The van der Waals surface area contributed by atoms with Crippen molar-refractivity contribution in [3.8, 4) is 0 Å². The van der Waals surface area contributed by atoms with E-state index in [0.717, 1.165) is 11.4 Å². The minimum Gasteiger partial charge on any atom is -1.00 e. The fraction of sp³-hybridized carbons (Fsp3) is 0. The first-order chi connectivity index (χ1) is 11.3. The number of hydrogen-bond acceptors (Lipinski definition) is 3. The molecule has 2 aromatic carbocycles. The van der Waals surface area contributed by atoms with Crippen LogP contribution in [0.25, 0.3) is 0 Å². The zero-order valence-corrected chi connectivity index (χ0v) is 20.2. The molecule has 1 aromatic heterocycles. The summed E-state index contributed by atoms with van der Waals surface area (Å²) >= 11 is 6.15. The summed E-state index contributed by atoms with van der Waals surface area (Å²) in [4.78, 5) is 13.3. The third-order valence-corrected chi connectivity index (χ3v) is 3.25.